The second-order valence-corrected chi connectivity index (χ2v) is 4.92. The van der Waals surface area contributed by atoms with Gasteiger partial charge in [-0.05, 0) is 34.2 Å². The van der Waals surface area contributed by atoms with Gasteiger partial charge in [-0.1, -0.05) is 41.4 Å². The Labute approximate surface area is 111 Å². The summed E-state index contributed by atoms with van der Waals surface area (Å²) in [7, 11) is 0. The number of nitrogens with zero attached hydrogens (tertiary/aromatic N) is 2. The van der Waals surface area contributed by atoms with Crippen molar-refractivity contribution in [3.05, 3.63) is 50.0 Å². The zero-order chi connectivity index (χ0) is 10.8. The van der Waals surface area contributed by atoms with Crippen molar-refractivity contribution in [2.75, 3.05) is 0 Å². The van der Waals surface area contributed by atoms with E-state index < -0.39 is 0 Å². The molecule has 0 saturated carbocycles. The quantitative estimate of drug-likeness (QED) is 0.751. The average molecular weight is 353 g/mol. The van der Waals surface area contributed by atoms with Crippen LogP contribution in [-0.2, 0) is 6.54 Å². The first-order valence-corrected chi connectivity index (χ1v) is 6.11. The van der Waals surface area contributed by atoms with Gasteiger partial charge in [0.1, 0.15) is 5.15 Å². The Bertz CT molecular complexity index is 482. The summed E-state index contributed by atoms with van der Waals surface area (Å²) in [4.78, 5) is 3.94. The third-order valence-corrected chi connectivity index (χ3v) is 3.85. The van der Waals surface area contributed by atoms with E-state index in [4.69, 9.17) is 23.2 Å². The van der Waals surface area contributed by atoms with Gasteiger partial charge in [-0.2, -0.15) is 0 Å². The highest BCUT2D eigenvalue weighted by atomic mass is 127. The molecule has 5 heteroatoms. The number of halogens is 3. The first-order valence-electron chi connectivity index (χ1n) is 4.28. The van der Waals surface area contributed by atoms with Crippen LogP contribution in [0.3, 0.4) is 0 Å². The van der Waals surface area contributed by atoms with Gasteiger partial charge in [0.05, 0.1) is 12.9 Å². The lowest BCUT2D eigenvalue weighted by Crippen LogP contribution is -1.99. The fourth-order valence-corrected chi connectivity index (χ4v) is 2.13. The van der Waals surface area contributed by atoms with E-state index in [1.807, 2.05) is 16.7 Å². The third kappa shape index (κ3) is 2.46. The smallest absolute Gasteiger partial charge is 0.166 e. The molecular weight excluding hydrogens is 346 g/mol. The van der Waals surface area contributed by atoms with E-state index in [2.05, 4.69) is 39.7 Å². The molecule has 2 aromatic rings. The van der Waals surface area contributed by atoms with Crippen LogP contribution in [0.15, 0.2) is 30.6 Å². The van der Waals surface area contributed by atoms with Crippen LogP contribution < -0.4 is 0 Å². The molecular formula is C10H7Cl2IN2. The maximum Gasteiger partial charge on any atom is 0.166 e. The summed E-state index contributed by atoms with van der Waals surface area (Å²) in [5, 5.41) is 0.832. The number of hydrogen-bond donors (Lipinski definition) is 0. The van der Waals surface area contributed by atoms with E-state index in [1.165, 1.54) is 9.13 Å². The molecule has 0 aliphatic rings. The minimum Gasteiger partial charge on any atom is -0.316 e. The molecule has 0 radical (unpaired) electrons. The molecule has 0 spiro atoms. The van der Waals surface area contributed by atoms with Crippen molar-refractivity contribution in [2.24, 2.45) is 0 Å². The van der Waals surface area contributed by atoms with Crippen LogP contribution in [0.25, 0.3) is 0 Å². The zero-order valence-corrected chi connectivity index (χ0v) is 11.3. The summed E-state index contributed by atoms with van der Waals surface area (Å²) in [5.74, 6) is 0. The highest BCUT2D eigenvalue weighted by molar-refractivity contribution is 14.1. The van der Waals surface area contributed by atoms with Crippen molar-refractivity contribution in [3.63, 3.8) is 0 Å². The summed E-state index contributed by atoms with van der Waals surface area (Å²) >= 11 is 14.0. The number of imidazole rings is 1. The van der Waals surface area contributed by atoms with Gasteiger partial charge in [0.15, 0.2) is 5.15 Å². The monoisotopic (exact) mass is 352 g/mol. The van der Waals surface area contributed by atoms with Crippen LogP contribution in [0.5, 0.6) is 0 Å². The standard InChI is InChI=1S/C10H7Cl2IN2/c11-9-10(12)15(6-14-9)5-7-3-1-2-4-8(7)13/h1-4,6H,5H2. The first-order chi connectivity index (χ1) is 7.18. The molecule has 1 aromatic carbocycles. The third-order valence-electron chi connectivity index (χ3n) is 2.03. The molecule has 0 bridgehead atoms. The van der Waals surface area contributed by atoms with Crippen LogP contribution in [-0.4, -0.2) is 9.55 Å². The summed E-state index contributed by atoms with van der Waals surface area (Å²) in [6.45, 7) is 0.692. The Balaban J connectivity index is 2.30. The van der Waals surface area contributed by atoms with Crippen LogP contribution in [0.2, 0.25) is 10.3 Å². The van der Waals surface area contributed by atoms with Crippen LogP contribution in [0.4, 0.5) is 0 Å². The van der Waals surface area contributed by atoms with E-state index in [0.717, 1.165) is 0 Å². The maximum absolute atomic E-state index is 5.98. The van der Waals surface area contributed by atoms with Crippen LogP contribution >= 0.6 is 45.8 Å². The van der Waals surface area contributed by atoms with Crippen molar-refractivity contribution in [2.45, 2.75) is 6.54 Å². The van der Waals surface area contributed by atoms with Gasteiger partial charge in [0.2, 0.25) is 0 Å². The lowest BCUT2D eigenvalue weighted by Gasteiger charge is -2.05. The van der Waals surface area contributed by atoms with Gasteiger partial charge in [0, 0.05) is 3.57 Å². The largest absolute Gasteiger partial charge is 0.316 e. The Morgan fingerprint density at radius 1 is 1.27 bits per heavy atom. The number of hydrogen-bond acceptors (Lipinski definition) is 1. The van der Waals surface area contributed by atoms with Crippen LogP contribution in [0.1, 0.15) is 5.56 Å². The van der Waals surface area contributed by atoms with Gasteiger partial charge in [-0.15, -0.1) is 0 Å². The first kappa shape index (κ1) is 11.2. The molecule has 2 nitrogen and oxygen atoms in total. The van der Waals surface area contributed by atoms with Crippen LogP contribution in [0, 0.1) is 3.57 Å². The molecule has 15 heavy (non-hydrogen) atoms. The lowest BCUT2D eigenvalue weighted by molar-refractivity contribution is 0.795. The Morgan fingerprint density at radius 2 is 2.00 bits per heavy atom. The highest BCUT2D eigenvalue weighted by Crippen LogP contribution is 2.21. The number of rotatable bonds is 2. The predicted octanol–water partition coefficient (Wildman–Crippen LogP) is 3.84. The summed E-state index contributed by atoms with van der Waals surface area (Å²) < 4.78 is 3.03. The molecule has 0 saturated heterocycles. The fraction of sp³-hybridized carbons (Fsp3) is 0.100. The maximum atomic E-state index is 5.98. The van der Waals surface area contributed by atoms with Crippen molar-refractivity contribution in [1.29, 1.82) is 0 Å². The molecule has 0 amide bonds. The van der Waals surface area contributed by atoms with E-state index in [-0.39, 0.29) is 0 Å². The minimum absolute atomic E-state index is 0.350. The SMILES string of the molecule is Clc1ncn(Cc2ccccc2I)c1Cl. The molecule has 0 fully saturated rings. The van der Waals surface area contributed by atoms with E-state index in [1.54, 1.807) is 6.33 Å². The van der Waals surface area contributed by atoms with Crippen molar-refractivity contribution >= 4 is 45.8 Å². The Morgan fingerprint density at radius 3 is 2.60 bits per heavy atom. The van der Waals surface area contributed by atoms with Gasteiger partial charge >= 0.3 is 0 Å². The predicted molar refractivity (Wildman–Crippen MR) is 70.5 cm³/mol. The molecule has 0 atom stereocenters. The summed E-state index contributed by atoms with van der Waals surface area (Å²) in [6.07, 6.45) is 1.65. The zero-order valence-electron chi connectivity index (χ0n) is 7.62. The van der Waals surface area contributed by atoms with Gasteiger partial charge in [-0.3, -0.25) is 0 Å². The fourth-order valence-electron chi connectivity index (χ4n) is 1.26. The Hall–Kier alpha value is -0.260. The summed E-state index contributed by atoms with van der Waals surface area (Å²) in [6, 6.07) is 8.13. The number of aromatic nitrogens is 2. The molecule has 1 aromatic heterocycles. The van der Waals surface area contributed by atoms with Crippen molar-refractivity contribution in [3.8, 4) is 0 Å². The van der Waals surface area contributed by atoms with E-state index in [0.29, 0.717) is 16.9 Å². The van der Waals surface area contributed by atoms with Gasteiger partial charge in [-0.25, -0.2) is 4.98 Å². The second kappa shape index (κ2) is 4.72. The molecule has 1 heterocycles. The summed E-state index contributed by atoms with van der Waals surface area (Å²) in [5.41, 5.74) is 1.20. The normalized spacial score (nSPS) is 10.6. The molecule has 2 rings (SSSR count). The van der Waals surface area contributed by atoms with E-state index >= 15 is 0 Å². The molecule has 0 N–H and O–H groups in total. The minimum atomic E-state index is 0.350. The van der Waals surface area contributed by atoms with Crippen molar-refractivity contribution < 1.29 is 0 Å². The second-order valence-electron chi connectivity index (χ2n) is 3.05. The molecule has 78 valence electrons. The van der Waals surface area contributed by atoms with Gasteiger partial charge < -0.3 is 4.57 Å². The lowest BCUT2D eigenvalue weighted by atomic mass is 10.2. The molecule has 0 aliphatic heterocycles. The number of benzene rings is 1. The van der Waals surface area contributed by atoms with Crippen molar-refractivity contribution in [1.82, 2.24) is 9.55 Å². The average Bonchev–Trinajstić information content (AvgIpc) is 2.53. The topological polar surface area (TPSA) is 17.8 Å². The van der Waals surface area contributed by atoms with E-state index in [9.17, 15) is 0 Å². The Kier molecular flexibility index (Phi) is 3.53. The van der Waals surface area contributed by atoms with Gasteiger partial charge in [0.25, 0.3) is 0 Å². The molecule has 0 unspecified atom stereocenters. The molecule has 0 aliphatic carbocycles. The highest BCUT2D eigenvalue weighted by Gasteiger charge is 2.07.